The van der Waals surface area contributed by atoms with Gasteiger partial charge in [0.25, 0.3) is 5.69 Å². The second-order valence-corrected chi connectivity index (χ2v) is 4.73. The highest BCUT2D eigenvalue weighted by atomic mass is 35.5. The quantitative estimate of drug-likeness (QED) is 0.378. The summed E-state index contributed by atoms with van der Waals surface area (Å²) in [5.41, 5.74) is 2.33. The van der Waals surface area contributed by atoms with Crippen LogP contribution >= 0.6 is 11.6 Å². The molecule has 0 saturated carbocycles. The number of rotatable bonds is 1. The van der Waals surface area contributed by atoms with Crippen LogP contribution in [0.5, 0.6) is 0 Å². The number of non-ortho nitro benzene ring substituents is 1. The zero-order chi connectivity index (χ0) is 13.6. The summed E-state index contributed by atoms with van der Waals surface area (Å²) in [7, 11) is 0. The van der Waals surface area contributed by atoms with E-state index >= 15 is 0 Å². The van der Waals surface area contributed by atoms with Gasteiger partial charge in [0.05, 0.1) is 21.0 Å². The first-order valence-corrected chi connectivity index (χ1v) is 6.08. The predicted octanol–water partition coefficient (Wildman–Crippen LogP) is 4.26. The number of fused-ring (bicyclic) bond motifs is 2. The number of hydrogen-bond donors (Lipinski definition) is 0. The summed E-state index contributed by atoms with van der Waals surface area (Å²) in [5.74, 6) is 0. The van der Waals surface area contributed by atoms with E-state index in [1.807, 2.05) is 25.1 Å². The maximum atomic E-state index is 10.8. The highest BCUT2D eigenvalue weighted by Crippen LogP contribution is 2.33. The molecule has 0 saturated heterocycles. The smallest absolute Gasteiger partial charge is 0.258 e. The molecule has 0 atom stereocenters. The van der Waals surface area contributed by atoms with Crippen LogP contribution in [0.3, 0.4) is 0 Å². The topological polar surface area (TPSA) is 56.0 Å². The van der Waals surface area contributed by atoms with Gasteiger partial charge in [-0.3, -0.25) is 10.1 Å². The van der Waals surface area contributed by atoms with E-state index in [9.17, 15) is 10.1 Å². The lowest BCUT2D eigenvalue weighted by molar-refractivity contribution is -0.384. The van der Waals surface area contributed by atoms with Gasteiger partial charge in [0, 0.05) is 22.9 Å². The summed E-state index contributed by atoms with van der Waals surface area (Å²) < 4.78 is 0. The van der Waals surface area contributed by atoms with Crippen molar-refractivity contribution in [2.45, 2.75) is 6.92 Å². The van der Waals surface area contributed by atoms with Gasteiger partial charge in [-0.05, 0) is 18.6 Å². The third kappa shape index (κ3) is 1.81. The minimum Gasteiger partial charge on any atom is -0.258 e. The van der Waals surface area contributed by atoms with Crippen molar-refractivity contribution in [1.82, 2.24) is 4.98 Å². The van der Waals surface area contributed by atoms with E-state index < -0.39 is 4.92 Å². The highest BCUT2D eigenvalue weighted by Gasteiger charge is 2.12. The largest absolute Gasteiger partial charge is 0.271 e. The van der Waals surface area contributed by atoms with Gasteiger partial charge in [0.15, 0.2) is 0 Å². The van der Waals surface area contributed by atoms with Crippen LogP contribution in [0.1, 0.15) is 5.56 Å². The molecule has 0 unspecified atom stereocenters. The Bertz CT molecular complexity index is 830. The predicted molar refractivity (Wildman–Crippen MR) is 75.7 cm³/mol. The van der Waals surface area contributed by atoms with Crippen molar-refractivity contribution < 1.29 is 4.92 Å². The zero-order valence-corrected chi connectivity index (χ0v) is 10.8. The number of nitro groups is 1. The molecule has 1 heterocycles. The highest BCUT2D eigenvalue weighted by molar-refractivity contribution is 6.40. The van der Waals surface area contributed by atoms with Crippen molar-refractivity contribution in [2.75, 3.05) is 0 Å². The van der Waals surface area contributed by atoms with Crippen LogP contribution < -0.4 is 0 Å². The molecule has 94 valence electrons. The lowest BCUT2D eigenvalue weighted by Gasteiger charge is -2.07. The van der Waals surface area contributed by atoms with Crippen LogP contribution in [-0.4, -0.2) is 9.91 Å². The normalized spacial score (nSPS) is 11.1. The fraction of sp³-hybridized carbons (Fsp3) is 0.0714. The fourth-order valence-corrected chi connectivity index (χ4v) is 2.47. The Balaban J connectivity index is 2.47. The van der Waals surface area contributed by atoms with Gasteiger partial charge in [-0.25, -0.2) is 4.98 Å². The standard InChI is InChI=1S/C14H9ClN2O2/c1-8-3-2-4-11-13(15)10-6-5-9(17(18)19)7-12(10)16-14(8)11/h2-7H,1H3. The first-order chi connectivity index (χ1) is 9.08. The van der Waals surface area contributed by atoms with Crippen molar-refractivity contribution in [3.63, 3.8) is 0 Å². The SMILES string of the molecule is Cc1cccc2c(Cl)c3ccc([N+](=O)[O-])cc3nc12. The Morgan fingerprint density at radius 3 is 2.74 bits per heavy atom. The molecular weight excluding hydrogens is 264 g/mol. The van der Waals surface area contributed by atoms with Crippen molar-refractivity contribution in [3.05, 3.63) is 57.1 Å². The summed E-state index contributed by atoms with van der Waals surface area (Å²) in [6.07, 6.45) is 0. The molecule has 0 aliphatic rings. The van der Waals surface area contributed by atoms with Gasteiger partial charge in [0.2, 0.25) is 0 Å². The molecule has 0 spiro atoms. The Hall–Kier alpha value is -2.20. The maximum Gasteiger partial charge on any atom is 0.271 e. The number of hydrogen-bond acceptors (Lipinski definition) is 3. The van der Waals surface area contributed by atoms with Crippen LogP contribution in [0, 0.1) is 17.0 Å². The number of pyridine rings is 1. The van der Waals surface area contributed by atoms with Gasteiger partial charge < -0.3 is 0 Å². The Morgan fingerprint density at radius 2 is 2.00 bits per heavy atom. The molecule has 0 N–H and O–H groups in total. The maximum absolute atomic E-state index is 10.8. The Kier molecular flexibility index (Phi) is 2.61. The van der Waals surface area contributed by atoms with E-state index in [0.717, 1.165) is 21.9 Å². The summed E-state index contributed by atoms with van der Waals surface area (Å²) in [5, 5.41) is 13.0. The molecule has 3 rings (SSSR count). The number of benzene rings is 2. The number of para-hydroxylation sites is 1. The minimum atomic E-state index is -0.433. The second kappa shape index (κ2) is 4.17. The molecule has 0 radical (unpaired) electrons. The van der Waals surface area contributed by atoms with Crippen molar-refractivity contribution in [2.24, 2.45) is 0 Å². The molecule has 3 aromatic rings. The lowest BCUT2D eigenvalue weighted by Crippen LogP contribution is -1.91. The van der Waals surface area contributed by atoms with Gasteiger partial charge in [-0.2, -0.15) is 0 Å². The third-order valence-corrected chi connectivity index (χ3v) is 3.54. The molecule has 5 heteroatoms. The van der Waals surface area contributed by atoms with Gasteiger partial charge in [-0.1, -0.05) is 29.8 Å². The summed E-state index contributed by atoms with van der Waals surface area (Å²) in [6, 6.07) is 10.3. The van der Waals surface area contributed by atoms with Crippen LogP contribution in [0.25, 0.3) is 21.8 Å². The van der Waals surface area contributed by atoms with Crippen LogP contribution in [0.2, 0.25) is 5.02 Å². The molecule has 4 nitrogen and oxygen atoms in total. The first-order valence-electron chi connectivity index (χ1n) is 5.71. The van der Waals surface area contributed by atoms with Crippen molar-refractivity contribution in [1.29, 1.82) is 0 Å². The lowest BCUT2D eigenvalue weighted by atomic mass is 10.1. The average Bonchev–Trinajstić information content (AvgIpc) is 2.40. The van der Waals surface area contributed by atoms with E-state index in [0.29, 0.717) is 10.5 Å². The molecule has 0 bridgehead atoms. The van der Waals surface area contributed by atoms with E-state index in [2.05, 4.69) is 4.98 Å². The number of aromatic nitrogens is 1. The molecule has 1 aromatic heterocycles. The van der Waals surface area contributed by atoms with Gasteiger partial charge in [-0.15, -0.1) is 0 Å². The number of halogens is 1. The summed E-state index contributed by atoms with van der Waals surface area (Å²) >= 11 is 6.37. The van der Waals surface area contributed by atoms with Gasteiger partial charge in [0.1, 0.15) is 0 Å². The second-order valence-electron chi connectivity index (χ2n) is 4.36. The van der Waals surface area contributed by atoms with Crippen LogP contribution in [0.15, 0.2) is 36.4 Å². The minimum absolute atomic E-state index is 0.0176. The molecule has 0 aliphatic heterocycles. The summed E-state index contributed by atoms with van der Waals surface area (Å²) in [6.45, 7) is 1.94. The van der Waals surface area contributed by atoms with E-state index in [1.165, 1.54) is 12.1 Å². The number of nitro benzene ring substituents is 1. The monoisotopic (exact) mass is 272 g/mol. The van der Waals surface area contributed by atoms with E-state index in [1.54, 1.807) is 6.07 Å². The van der Waals surface area contributed by atoms with Crippen molar-refractivity contribution in [3.8, 4) is 0 Å². The fourth-order valence-electron chi connectivity index (χ4n) is 2.16. The number of nitrogens with zero attached hydrogens (tertiary/aromatic N) is 2. The van der Waals surface area contributed by atoms with Crippen LogP contribution in [0.4, 0.5) is 5.69 Å². The summed E-state index contributed by atoms with van der Waals surface area (Å²) in [4.78, 5) is 14.9. The zero-order valence-electron chi connectivity index (χ0n) is 10.1. The molecular formula is C14H9ClN2O2. The number of aryl methyl sites for hydroxylation is 1. The Labute approximate surface area is 113 Å². The molecule has 2 aromatic carbocycles. The molecule has 0 aliphatic carbocycles. The van der Waals surface area contributed by atoms with Crippen LogP contribution in [-0.2, 0) is 0 Å². The van der Waals surface area contributed by atoms with E-state index in [-0.39, 0.29) is 5.69 Å². The first kappa shape index (κ1) is 11.9. The third-order valence-electron chi connectivity index (χ3n) is 3.14. The molecule has 0 fully saturated rings. The molecule has 19 heavy (non-hydrogen) atoms. The molecule has 0 amide bonds. The van der Waals surface area contributed by atoms with Crippen molar-refractivity contribution >= 4 is 39.1 Å². The van der Waals surface area contributed by atoms with Gasteiger partial charge >= 0.3 is 0 Å². The average molecular weight is 273 g/mol. The Morgan fingerprint density at radius 1 is 1.21 bits per heavy atom. The van der Waals surface area contributed by atoms with E-state index in [4.69, 9.17) is 11.6 Å².